The van der Waals surface area contributed by atoms with Crippen molar-refractivity contribution in [2.75, 3.05) is 7.05 Å². The molecule has 0 unspecified atom stereocenters. The third kappa shape index (κ3) is 2.54. The molecule has 4 nitrogen and oxygen atoms in total. The van der Waals surface area contributed by atoms with E-state index in [1.165, 1.54) is 0 Å². The van der Waals surface area contributed by atoms with E-state index in [1.54, 1.807) is 24.3 Å². The summed E-state index contributed by atoms with van der Waals surface area (Å²) in [5.41, 5.74) is 3.29. The highest BCUT2D eigenvalue weighted by molar-refractivity contribution is 6.30. The molecular formula is C16H15ClN2O2. The number of aryl methyl sites for hydroxylation is 1. The summed E-state index contributed by atoms with van der Waals surface area (Å²) in [5.74, 6) is -0.0427. The second-order valence-electron chi connectivity index (χ2n) is 5.05. The highest BCUT2D eigenvalue weighted by Crippen LogP contribution is 2.21. The Morgan fingerprint density at radius 1 is 1.29 bits per heavy atom. The van der Waals surface area contributed by atoms with E-state index in [0.29, 0.717) is 17.3 Å². The van der Waals surface area contributed by atoms with Crippen LogP contribution in [0.15, 0.2) is 47.1 Å². The van der Waals surface area contributed by atoms with Crippen LogP contribution in [-0.4, -0.2) is 22.4 Å². The maximum Gasteiger partial charge on any atom is 0.270 e. The van der Waals surface area contributed by atoms with Crippen LogP contribution >= 0.6 is 11.6 Å². The summed E-state index contributed by atoms with van der Waals surface area (Å²) in [6, 6.07) is 11.1. The summed E-state index contributed by atoms with van der Waals surface area (Å²) in [6.45, 7) is 0.530. The molecule has 3 aromatic rings. The zero-order valence-electron chi connectivity index (χ0n) is 11.8. The van der Waals surface area contributed by atoms with Crippen LogP contribution in [0, 0.1) is 0 Å². The minimum absolute atomic E-state index is 0.0427. The molecule has 0 saturated carbocycles. The third-order valence-corrected chi connectivity index (χ3v) is 3.81. The lowest BCUT2D eigenvalue weighted by molar-refractivity contribution is 0.0776. The molecule has 0 aliphatic carbocycles. The van der Waals surface area contributed by atoms with Gasteiger partial charge in [0.2, 0.25) is 0 Å². The van der Waals surface area contributed by atoms with Crippen LogP contribution < -0.4 is 0 Å². The first-order chi connectivity index (χ1) is 10.1. The van der Waals surface area contributed by atoms with Crippen molar-refractivity contribution in [3.63, 3.8) is 0 Å². The van der Waals surface area contributed by atoms with Crippen molar-refractivity contribution in [2.24, 2.45) is 7.05 Å². The summed E-state index contributed by atoms with van der Waals surface area (Å²) >= 11 is 5.87. The predicted molar refractivity (Wildman–Crippen MR) is 82.4 cm³/mol. The van der Waals surface area contributed by atoms with E-state index in [1.807, 2.05) is 41.9 Å². The molecule has 0 spiro atoms. The number of hydrogen-bond acceptors (Lipinski definition) is 2. The Kier molecular flexibility index (Phi) is 3.47. The quantitative estimate of drug-likeness (QED) is 0.740. The summed E-state index contributed by atoms with van der Waals surface area (Å²) in [4.78, 5) is 14.2. The van der Waals surface area contributed by atoms with E-state index < -0.39 is 0 Å². The molecule has 0 saturated heterocycles. The monoisotopic (exact) mass is 302 g/mol. The lowest BCUT2D eigenvalue weighted by atomic mass is 10.2. The van der Waals surface area contributed by atoms with Crippen molar-refractivity contribution in [1.82, 2.24) is 9.47 Å². The molecule has 1 aromatic carbocycles. The average molecular weight is 303 g/mol. The molecule has 5 heteroatoms. The minimum atomic E-state index is -0.0427. The molecule has 0 bridgehead atoms. The van der Waals surface area contributed by atoms with Crippen LogP contribution in [0.3, 0.4) is 0 Å². The number of carbonyl (C=O) groups is 1. The fourth-order valence-corrected chi connectivity index (χ4v) is 2.51. The number of fused-ring (bicyclic) bond motifs is 1. The van der Waals surface area contributed by atoms with Crippen molar-refractivity contribution in [3.8, 4) is 0 Å². The summed E-state index contributed by atoms with van der Waals surface area (Å²) in [6.07, 6.45) is 1.62. The van der Waals surface area contributed by atoms with E-state index in [-0.39, 0.29) is 5.91 Å². The highest BCUT2D eigenvalue weighted by Gasteiger charge is 2.18. The van der Waals surface area contributed by atoms with Gasteiger partial charge in [-0.15, -0.1) is 0 Å². The van der Waals surface area contributed by atoms with E-state index in [2.05, 4.69) is 0 Å². The highest BCUT2D eigenvalue weighted by atomic mass is 35.5. The van der Waals surface area contributed by atoms with Crippen LogP contribution in [0.2, 0.25) is 5.02 Å². The Hall–Kier alpha value is -2.20. The molecule has 2 aromatic heterocycles. The van der Waals surface area contributed by atoms with Crippen LogP contribution in [0.25, 0.3) is 11.1 Å². The Bertz CT molecular complexity index is 786. The van der Waals surface area contributed by atoms with Crippen molar-refractivity contribution >= 4 is 28.6 Å². The molecular weight excluding hydrogens is 288 g/mol. The van der Waals surface area contributed by atoms with Crippen molar-refractivity contribution in [3.05, 3.63) is 58.9 Å². The average Bonchev–Trinajstić information content (AvgIpc) is 3.04. The van der Waals surface area contributed by atoms with Gasteiger partial charge >= 0.3 is 0 Å². The van der Waals surface area contributed by atoms with Gasteiger partial charge in [0.15, 0.2) is 5.58 Å². The van der Waals surface area contributed by atoms with Crippen LogP contribution in [0.4, 0.5) is 0 Å². The number of halogens is 1. The zero-order chi connectivity index (χ0) is 15.0. The van der Waals surface area contributed by atoms with Crippen molar-refractivity contribution in [1.29, 1.82) is 0 Å². The van der Waals surface area contributed by atoms with E-state index in [4.69, 9.17) is 16.0 Å². The standard InChI is InChI=1S/C16H15ClN2O2/c1-18(10-11-3-5-12(17)6-4-11)16(20)14-9-15-13(19(14)2)7-8-21-15/h3-9H,10H2,1-2H3. The fourth-order valence-electron chi connectivity index (χ4n) is 2.39. The molecule has 2 heterocycles. The number of aromatic nitrogens is 1. The summed E-state index contributed by atoms with van der Waals surface area (Å²) in [5, 5.41) is 0.690. The smallest absolute Gasteiger partial charge is 0.270 e. The van der Waals surface area contributed by atoms with Gasteiger partial charge in [-0.05, 0) is 17.7 Å². The number of amides is 1. The Morgan fingerprint density at radius 3 is 2.67 bits per heavy atom. The molecule has 3 rings (SSSR count). The first-order valence-corrected chi connectivity index (χ1v) is 6.97. The predicted octanol–water partition coefficient (Wildman–Crippen LogP) is 3.70. The van der Waals surface area contributed by atoms with Gasteiger partial charge in [-0.1, -0.05) is 23.7 Å². The molecule has 0 fully saturated rings. The number of rotatable bonds is 3. The Morgan fingerprint density at radius 2 is 2.00 bits per heavy atom. The third-order valence-electron chi connectivity index (χ3n) is 3.56. The normalized spacial score (nSPS) is 11.0. The molecule has 1 amide bonds. The molecule has 0 atom stereocenters. The number of benzene rings is 1. The van der Waals surface area contributed by atoms with Gasteiger partial charge in [-0.2, -0.15) is 0 Å². The SMILES string of the molecule is CN(Cc1ccc(Cl)cc1)C(=O)c1cc2occc2n1C. The van der Waals surface area contributed by atoms with Gasteiger partial charge in [0.05, 0.1) is 11.8 Å². The van der Waals surface area contributed by atoms with E-state index in [0.717, 1.165) is 16.7 Å². The van der Waals surface area contributed by atoms with Gasteiger partial charge < -0.3 is 13.9 Å². The Balaban J connectivity index is 1.82. The van der Waals surface area contributed by atoms with Gasteiger partial charge in [0.25, 0.3) is 5.91 Å². The fraction of sp³-hybridized carbons (Fsp3) is 0.188. The van der Waals surface area contributed by atoms with Gasteiger partial charge in [-0.3, -0.25) is 4.79 Å². The molecule has 0 N–H and O–H groups in total. The van der Waals surface area contributed by atoms with Gasteiger partial charge in [0.1, 0.15) is 5.69 Å². The molecule has 0 aliphatic rings. The van der Waals surface area contributed by atoms with Crippen LogP contribution in [0.5, 0.6) is 0 Å². The van der Waals surface area contributed by atoms with Gasteiger partial charge in [0, 0.05) is 37.8 Å². The second kappa shape index (κ2) is 5.30. The largest absolute Gasteiger partial charge is 0.463 e. The number of furan rings is 1. The summed E-state index contributed by atoms with van der Waals surface area (Å²) in [7, 11) is 3.65. The molecule has 108 valence electrons. The lowest BCUT2D eigenvalue weighted by Crippen LogP contribution is -2.27. The number of hydrogen-bond donors (Lipinski definition) is 0. The first-order valence-electron chi connectivity index (χ1n) is 6.59. The van der Waals surface area contributed by atoms with Gasteiger partial charge in [-0.25, -0.2) is 0 Å². The maximum absolute atomic E-state index is 12.5. The number of carbonyl (C=O) groups excluding carboxylic acids is 1. The van der Waals surface area contributed by atoms with Crippen molar-refractivity contribution in [2.45, 2.75) is 6.54 Å². The van der Waals surface area contributed by atoms with Crippen molar-refractivity contribution < 1.29 is 9.21 Å². The first kappa shape index (κ1) is 13.8. The summed E-state index contributed by atoms with van der Waals surface area (Å²) < 4.78 is 7.18. The molecule has 0 aliphatic heterocycles. The van der Waals surface area contributed by atoms with Crippen LogP contribution in [-0.2, 0) is 13.6 Å². The van der Waals surface area contributed by atoms with Crippen LogP contribution in [0.1, 0.15) is 16.1 Å². The second-order valence-corrected chi connectivity index (χ2v) is 5.48. The topological polar surface area (TPSA) is 38.4 Å². The zero-order valence-corrected chi connectivity index (χ0v) is 12.6. The maximum atomic E-state index is 12.5. The minimum Gasteiger partial charge on any atom is -0.463 e. The Labute approximate surface area is 127 Å². The molecule has 21 heavy (non-hydrogen) atoms. The number of nitrogens with zero attached hydrogens (tertiary/aromatic N) is 2. The molecule has 0 radical (unpaired) electrons. The lowest BCUT2D eigenvalue weighted by Gasteiger charge is -2.17. The van der Waals surface area contributed by atoms with E-state index in [9.17, 15) is 4.79 Å². The van der Waals surface area contributed by atoms with E-state index >= 15 is 0 Å².